The van der Waals surface area contributed by atoms with Gasteiger partial charge in [-0.15, -0.1) is 0 Å². The summed E-state index contributed by atoms with van der Waals surface area (Å²) in [4.78, 5) is 34.7. The van der Waals surface area contributed by atoms with Crippen molar-refractivity contribution in [2.45, 2.75) is 52.0 Å². The molecule has 24 heavy (non-hydrogen) atoms. The van der Waals surface area contributed by atoms with Gasteiger partial charge >= 0.3 is 5.97 Å². The number of benzene rings is 1. The van der Waals surface area contributed by atoms with Crippen LogP contribution in [0.5, 0.6) is 0 Å². The number of nitrogens with zero attached hydrogens (tertiary/aromatic N) is 1. The van der Waals surface area contributed by atoms with Crippen LogP contribution in [-0.4, -0.2) is 27.4 Å². The van der Waals surface area contributed by atoms with Gasteiger partial charge in [0.25, 0.3) is 11.6 Å². The van der Waals surface area contributed by atoms with Gasteiger partial charge in [-0.1, -0.05) is 12.8 Å². The molecule has 130 valence electrons. The van der Waals surface area contributed by atoms with Crippen molar-refractivity contribution in [3.05, 3.63) is 38.9 Å². The molecule has 1 aliphatic rings. The predicted molar refractivity (Wildman–Crippen MR) is 88.0 cm³/mol. The zero-order valence-corrected chi connectivity index (χ0v) is 14.1. The molecule has 0 spiro atoms. The lowest BCUT2D eigenvalue weighted by molar-refractivity contribution is -0.385. The van der Waals surface area contributed by atoms with E-state index in [1.807, 2.05) is 0 Å². The van der Waals surface area contributed by atoms with E-state index in [1.54, 1.807) is 26.8 Å². The van der Waals surface area contributed by atoms with E-state index in [1.165, 1.54) is 6.07 Å². The van der Waals surface area contributed by atoms with Gasteiger partial charge in [0, 0.05) is 17.2 Å². The minimum Gasteiger partial charge on any atom is -0.481 e. The van der Waals surface area contributed by atoms with Crippen LogP contribution in [0, 0.1) is 29.9 Å². The Balaban J connectivity index is 2.33. The molecule has 2 N–H and O–H groups in total. The first kappa shape index (κ1) is 17.9. The number of rotatable bonds is 4. The largest absolute Gasteiger partial charge is 0.481 e. The van der Waals surface area contributed by atoms with Crippen molar-refractivity contribution in [3.63, 3.8) is 0 Å². The minimum atomic E-state index is -0.927. The molecule has 2 unspecified atom stereocenters. The molecule has 1 amide bonds. The normalized spacial score (nSPS) is 23.5. The number of aryl methyl sites for hydroxylation is 2. The first-order valence-electron chi connectivity index (χ1n) is 7.96. The summed E-state index contributed by atoms with van der Waals surface area (Å²) in [5, 5.41) is 23.4. The number of carboxylic acids is 1. The van der Waals surface area contributed by atoms with E-state index in [2.05, 4.69) is 5.32 Å². The van der Waals surface area contributed by atoms with Crippen molar-refractivity contribution in [3.8, 4) is 0 Å². The summed E-state index contributed by atoms with van der Waals surface area (Å²) in [6.07, 6.45) is 2.74. The molecule has 2 rings (SSSR count). The third-order valence-electron chi connectivity index (χ3n) is 4.89. The summed E-state index contributed by atoms with van der Waals surface area (Å²) in [7, 11) is 0. The third-order valence-corrected chi connectivity index (χ3v) is 4.89. The Labute approximate surface area is 140 Å². The quantitative estimate of drug-likeness (QED) is 0.650. The highest BCUT2D eigenvalue weighted by Gasteiger charge is 2.42. The molecule has 0 radical (unpaired) electrons. The molecule has 7 nitrogen and oxygen atoms in total. The molecule has 1 aromatic rings. The lowest BCUT2D eigenvalue weighted by Crippen LogP contribution is -2.55. The Morgan fingerprint density at radius 1 is 1.29 bits per heavy atom. The fraction of sp³-hybridized carbons (Fsp3) is 0.529. The van der Waals surface area contributed by atoms with E-state index < -0.39 is 28.3 Å². The second-order valence-electron chi connectivity index (χ2n) is 6.72. The number of nitro benzene ring substituents is 1. The van der Waals surface area contributed by atoms with Crippen LogP contribution in [0.3, 0.4) is 0 Å². The highest BCUT2D eigenvalue weighted by Crippen LogP contribution is 2.34. The Morgan fingerprint density at radius 3 is 2.54 bits per heavy atom. The summed E-state index contributed by atoms with van der Waals surface area (Å²) >= 11 is 0. The van der Waals surface area contributed by atoms with Gasteiger partial charge in [0.15, 0.2) is 0 Å². The maximum absolute atomic E-state index is 12.7. The second kappa shape index (κ2) is 6.59. The standard InChI is InChI=1S/C17H22N2O5/c1-10-8-11(2)14(19(23)24)9-12(10)15(20)18-17(3)7-5-4-6-13(17)16(21)22/h8-9,13H,4-7H2,1-3H3,(H,18,20)(H,21,22). The summed E-state index contributed by atoms with van der Waals surface area (Å²) in [5.74, 6) is -2.05. The molecule has 2 atom stereocenters. The molecule has 0 aromatic heterocycles. The molecule has 7 heteroatoms. The van der Waals surface area contributed by atoms with Crippen LogP contribution in [0.1, 0.15) is 54.1 Å². The molecule has 0 saturated heterocycles. The maximum Gasteiger partial charge on any atom is 0.308 e. The third kappa shape index (κ3) is 3.39. The number of carbonyl (C=O) groups is 2. The summed E-state index contributed by atoms with van der Waals surface area (Å²) < 4.78 is 0. The van der Waals surface area contributed by atoms with Crippen molar-refractivity contribution >= 4 is 17.6 Å². The van der Waals surface area contributed by atoms with Crippen molar-refractivity contribution < 1.29 is 19.6 Å². The van der Waals surface area contributed by atoms with Crippen molar-refractivity contribution in [2.75, 3.05) is 0 Å². The maximum atomic E-state index is 12.7. The van der Waals surface area contributed by atoms with Crippen LogP contribution < -0.4 is 5.32 Å². The van der Waals surface area contributed by atoms with Crippen molar-refractivity contribution in [1.29, 1.82) is 0 Å². The Morgan fingerprint density at radius 2 is 1.96 bits per heavy atom. The lowest BCUT2D eigenvalue weighted by atomic mass is 9.73. The molecule has 0 bridgehead atoms. The van der Waals surface area contributed by atoms with Gasteiger partial charge in [-0.2, -0.15) is 0 Å². The summed E-state index contributed by atoms with van der Waals surface area (Å²) in [5.41, 5.74) is 0.355. The number of amides is 1. The topological polar surface area (TPSA) is 110 Å². The SMILES string of the molecule is Cc1cc(C)c([N+](=O)[O-])cc1C(=O)NC1(C)CCCCC1C(=O)O. The monoisotopic (exact) mass is 334 g/mol. The van der Waals surface area contributed by atoms with Crippen LogP contribution in [0.25, 0.3) is 0 Å². The number of hydrogen-bond acceptors (Lipinski definition) is 4. The molecular weight excluding hydrogens is 312 g/mol. The number of hydrogen-bond donors (Lipinski definition) is 2. The van der Waals surface area contributed by atoms with E-state index >= 15 is 0 Å². The fourth-order valence-corrected chi connectivity index (χ4v) is 3.49. The number of nitrogens with one attached hydrogen (secondary N) is 1. The lowest BCUT2D eigenvalue weighted by Gasteiger charge is -2.39. The minimum absolute atomic E-state index is 0.116. The van der Waals surface area contributed by atoms with Crippen LogP contribution in [0.15, 0.2) is 12.1 Å². The molecule has 0 aliphatic heterocycles. The number of carboxylic acid groups (broad SMARTS) is 1. The van der Waals surface area contributed by atoms with Crippen LogP contribution >= 0.6 is 0 Å². The highest BCUT2D eigenvalue weighted by atomic mass is 16.6. The first-order valence-corrected chi connectivity index (χ1v) is 7.96. The van der Waals surface area contributed by atoms with Crippen LogP contribution in [0.2, 0.25) is 0 Å². The summed E-state index contributed by atoms with van der Waals surface area (Å²) in [6, 6.07) is 2.87. The average Bonchev–Trinajstić information content (AvgIpc) is 2.46. The van der Waals surface area contributed by atoms with E-state index in [0.29, 0.717) is 24.0 Å². The van der Waals surface area contributed by atoms with Crippen LogP contribution in [0.4, 0.5) is 5.69 Å². The smallest absolute Gasteiger partial charge is 0.308 e. The fourth-order valence-electron chi connectivity index (χ4n) is 3.49. The van der Waals surface area contributed by atoms with Gasteiger partial charge in [0.1, 0.15) is 0 Å². The van der Waals surface area contributed by atoms with Gasteiger partial charge < -0.3 is 10.4 Å². The number of aliphatic carboxylic acids is 1. The molecule has 1 aromatic carbocycles. The zero-order valence-electron chi connectivity index (χ0n) is 14.1. The second-order valence-corrected chi connectivity index (χ2v) is 6.72. The Hall–Kier alpha value is -2.44. The molecule has 0 heterocycles. The first-order chi connectivity index (χ1) is 11.2. The molecule has 1 fully saturated rings. The molecule has 1 aliphatic carbocycles. The Bertz CT molecular complexity index is 700. The molecule has 1 saturated carbocycles. The van der Waals surface area contributed by atoms with E-state index in [-0.39, 0.29) is 11.3 Å². The Kier molecular flexibility index (Phi) is 4.91. The van der Waals surface area contributed by atoms with Gasteiger partial charge in [-0.05, 0) is 45.2 Å². The number of carbonyl (C=O) groups excluding carboxylic acids is 1. The van der Waals surface area contributed by atoms with Gasteiger partial charge in [-0.25, -0.2) is 0 Å². The zero-order chi connectivity index (χ0) is 18.1. The predicted octanol–water partition coefficient (Wildman–Crippen LogP) is 2.97. The van der Waals surface area contributed by atoms with E-state index in [9.17, 15) is 24.8 Å². The van der Waals surface area contributed by atoms with Gasteiger partial charge in [0.2, 0.25) is 0 Å². The highest BCUT2D eigenvalue weighted by molar-refractivity contribution is 5.97. The molecular formula is C17H22N2O5. The number of nitro groups is 1. The van der Waals surface area contributed by atoms with Crippen molar-refractivity contribution in [2.24, 2.45) is 5.92 Å². The van der Waals surface area contributed by atoms with Gasteiger partial charge in [-0.3, -0.25) is 19.7 Å². The van der Waals surface area contributed by atoms with Crippen LogP contribution in [-0.2, 0) is 4.79 Å². The van der Waals surface area contributed by atoms with E-state index in [4.69, 9.17) is 0 Å². The average molecular weight is 334 g/mol. The van der Waals surface area contributed by atoms with Crippen molar-refractivity contribution in [1.82, 2.24) is 5.32 Å². The van der Waals surface area contributed by atoms with Gasteiger partial charge in [0.05, 0.1) is 16.4 Å². The van der Waals surface area contributed by atoms with E-state index in [0.717, 1.165) is 12.8 Å². The summed E-state index contributed by atoms with van der Waals surface area (Å²) in [6.45, 7) is 5.07.